The second kappa shape index (κ2) is 7.65. The molecule has 2 nitrogen and oxygen atoms in total. The van der Waals surface area contributed by atoms with Crippen molar-refractivity contribution in [2.45, 2.75) is 32.8 Å². The molecule has 0 saturated heterocycles. The molecule has 2 rings (SSSR count). The summed E-state index contributed by atoms with van der Waals surface area (Å²) in [4.78, 5) is 0. The van der Waals surface area contributed by atoms with Crippen molar-refractivity contribution in [2.24, 2.45) is 0 Å². The van der Waals surface area contributed by atoms with E-state index in [1.165, 1.54) is 27.6 Å². The first-order valence-electron chi connectivity index (χ1n) is 6.94. The van der Waals surface area contributed by atoms with Crippen LogP contribution in [0.15, 0.2) is 46.0 Å². The minimum Gasteiger partial charge on any atom is -0.497 e. The van der Waals surface area contributed by atoms with Gasteiger partial charge in [-0.15, -0.1) is 0 Å². The fourth-order valence-corrected chi connectivity index (χ4v) is 2.79. The molecule has 0 unspecified atom stereocenters. The van der Waals surface area contributed by atoms with Gasteiger partial charge in [-0.3, -0.25) is 0 Å². The number of methoxy groups -OCH3 is 1. The van der Waals surface area contributed by atoms with Crippen LogP contribution in [-0.4, -0.2) is 13.7 Å². The molecule has 3 heteroatoms. The van der Waals surface area contributed by atoms with Gasteiger partial charge in [-0.25, -0.2) is 0 Å². The van der Waals surface area contributed by atoms with E-state index >= 15 is 0 Å². The maximum atomic E-state index is 5.84. The van der Waals surface area contributed by atoms with Gasteiger partial charge < -0.3 is 9.47 Å². The number of hydrogen-bond donors (Lipinski definition) is 0. The molecule has 20 heavy (non-hydrogen) atoms. The largest absolute Gasteiger partial charge is 0.497 e. The van der Waals surface area contributed by atoms with E-state index in [2.05, 4.69) is 28.9 Å². The van der Waals surface area contributed by atoms with Crippen molar-refractivity contribution in [3.05, 3.63) is 51.5 Å². The molecular weight excluding hydrogens is 316 g/mol. The standard InChI is InChI=1S/C17H21BrO2/c1-13-4-3-5-16(18)10-15(13)12-20-11-14-6-8-17(19-2)9-7-14/h6-10H,3-5,11-12H2,1-2H3. The number of hydrogen-bond acceptors (Lipinski definition) is 2. The van der Waals surface area contributed by atoms with Crippen LogP contribution < -0.4 is 4.74 Å². The predicted molar refractivity (Wildman–Crippen MR) is 86.2 cm³/mol. The zero-order valence-electron chi connectivity index (χ0n) is 12.1. The molecule has 0 aromatic heterocycles. The normalized spacial score (nSPS) is 15.8. The zero-order valence-corrected chi connectivity index (χ0v) is 13.7. The molecule has 0 fully saturated rings. The van der Waals surface area contributed by atoms with E-state index in [1.807, 2.05) is 24.3 Å². The molecule has 1 aliphatic rings. The molecule has 0 amide bonds. The molecule has 0 saturated carbocycles. The minimum absolute atomic E-state index is 0.631. The van der Waals surface area contributed by atoms with Crippen LogP contribution in [0.4, 0.5) is 0 Å². The van der Waals surface area contributed by atoms with Gasteiger partial charge in [-0.05, 0) is 60.0 Å². The average Bonchev–Trinajstić information content (AvgIpc) is 2.61. The topological polar surface area (TPSA) is 18.5 Å². The third-order valence-corrected chi connectivity index (χ3v) is 4.16. The van der Waals surface area contributed by atoms with Crippen LogP contribution in [-0.2, 0) is 11.3 Å². The van der Waals surface area contributed by atoms with Crippen molar-refractivity contribution in [2.75, 3.05) is 13.7 Å². The van der Waals surface area contributed by atoms with Gasteiger partial charge in [0, 0.05) is 0 Å². The second-order valence-electron chi connectivity index (χ2n) is 5.09. The molecule has 1 aliphatic carbocycles. The lowest BCUT2D eigenvalue weighted by atomic mass is 10.1. The van der Waals surface area contributed by atoms with Gasteiger partial charge in [-0.1, -0.05) is 33.6 Å². The molecule has 0 bridgehead atoms. The molecular formula is C17H21BrO2. The maximum absolute atomic E-state index is 5.84. The number of rotatable bonds is 5. The lowest BCUT2D eigenvalue weighted by molar-refractivity contribution is 0.143. The summed E-state index contributed by atoms with van der Waals surface area (Å²) < 4.78 is 12.3. The summed E-state index contributed by atoms with van der Waals surface area (Å²) in [6.45, 7) is 3.51. The Morgan fingerprint density at radius 3 is 2.55 bits per heavy atom. The van der Waals surface area contributed by atoms with Crippen LogP contribution in [0, 0.1) is 0 Å². The second-order valence-corrected chi connectivity index (χ2v) is 6.11. The lowest BCUT2D eigenvalue weighted by Gasteiger charge is -2.09. The average molecular weight is 337 g/mol. The summed E-state index contributed by atoms with van der Waals surface area (Å²) in [6.07, 6.45) is 5.72. The van der Waals surface area contributed by atoms with Crippen LogP contribution in [0.3, 0.4) is 0 Å². The molecule has 0 atom stereocenters. The number of ether oxygens (including phenoxy) is 2. The summed E-state index contributed by atoms with van der Waals surface area (Å²) in [5.74, 6) is 0.878. The minimum atomic E-state index is 0.631. The van der Waals surface area contributed by atoms with Crippen molar-refractivity contribution < 1.29 is 9.47 Å². The SMILES string of the molecule is COc1ccc(COCC2=C(C)CCCC(Br)=C2)cc1. The third kappa shape index (κ3) is 4.50. The van der Waals surface area contributed by atoms with Crippen molar-refractivity contribution in [3.63, 3.8) is 0 Å². The predicted octanol–water partition coefficient (Wildman–Crippen LogP) is 4.99. The van der Waals surface area contributed by atoms with Crippen molar-refractivity contribution >= 4 is 15.9 Å². The van der Waals surface area contributed by atoms with Crippen molar-refractivity contribution in [3.8, 4) is 5.75 Å². The van der Waals surface area contributed by atoms with E-state index in [4.69, 9.17) is 9.47 Å². The number of benzene rings is 1. The van der Waals surface area contributed by atoms with E-state index in [0.29, 0.717) is 13.2 Å². The van der Waals surface area contributed by atoms with Gasteiger partial charge in [-0.2, -0.15) is 0 Å². The monoisotopic (exact) mass is 336 g/mol. The molecule has 0 spiro atoms. The molecule has 0 heterocycles. The Hall–Kier alpha value is -1.06. The molecule has 108 valence electrons. The first-order chi connectivity index (χ1) is 9.69. The summed E-state index contributed by atoms with van der Waals surface area (Å²) in [6, 6.07) is 8.01. The number of halogens is 1. The first kappa shape index (κ1) is 15.3. The molecule has 0 aliphatic heterocycles. The van der Waals surface area contributed by atoms with Crippen LogP contribution in [0.1, 0.15) is 31.7 Å². The van der Waals surface area contributed by atoms with E-state index in [-0.39, 0.29) is 0 Å². The van der Waals surface area contributed by atoms with Gasteiger partial charge in [0.25, 0.3) is 0 Å². The van der Waals surface area contributed by atoms with Gasteiger partial charge >= 0.3 is 0 Å². The number of allylic oxidation sites excluding steroid dienone is 2. The summed E-state index contributed by atoms with van der Waals surface area (Å²) in [5, 5.41) is 0. The molecule has 1 aromatic carbocycles. The van der Waals surface area contributed by atoms with Crippen LogP contribution in [0.5, 0.6) is 5.75 Å². The van der Waals surface area contributed by atoms with E-state index in [1.54, 1.807) is 7.11 Å². The Morgan fingerprint density at radius 1 is 1.10 bits per heavy atom. The third-order valence-electron chi connectivity index (χ3n) is 3.53. The Morgan fingerprint density at radius 2 is 1.85 bits per heavy atom. The fraction of sp³-hybridized carbons (Fsp3) is 0.412. The van der Waals surface area contributed by atoms with Gasteiger partial charge in [0.2, 0.25) is 0 Å². The van der Waals surface area contributed by atoms with Gasteiger partial charge in [0.1, 0.15) is 5.75 Å². The van der Waals surface area contributed by atoms with E-state index in [9.17, 15) is 0 Å². The highest BCUT2D eigenvalue weighted by Gasteiger charge is 2.07. The highest BCUT2D eigenvalue weighted by atomic mass is 79.9. The van der Waals surface area contributed by atoms with Crippen LogP contribution in [0.2, 0.25) is 0 Å². The van der Waals surface area contributed by atoms with Gasteiger partial charge in [0.05, 0.1) is 20.3 Å². The molecule has 0 N–H and O–H groups in total. The maximum Gasteiger partial charge on any atom is 0.118 e. The molecule has 0 radical (unpaired) electrons. The van der Waals surface area contributed by atoms with Crippen molar-refractivity contribution in [1.82, 2.24) is 0 Å². The Balaban J connectivity index is 1.89. The highest BCUT2D eigenvalue weighted by molar-refractivity contribution is 9.11. The van der Waals surface area contributed by atoms with Crippen LogP contribution in [0.25, 0.3) is 0 Å². The highest BCUT2D eigenvalue weighted by Crippen LogP contribution is 2.26. The summed E-state index contributed by atoms with van der Waals surface area (Å²) in [7, 11) is 1.68. The summed E-state index contributed by atoms with van der Waals surface area (Å²) >= 11 is 3.62. The Bertz CT molecular complexity index is 500. The Labute approximate surface area is 129 Å². The zero-order chi connectivity index (χ0) is 14.4. The lowest BCUT2D eigenvalue weighted by Crippen LogP contribution is -1.99. The quantitative estimate of drug-likeness (QED) is 0.753. The first-order valence-corrected chi connectivity index (χ1v) is 7.73. The van der Waals surface area contributed by atoms with Gasteiger partial charge in [0.15, 0.2) is 0 Å². The summed E-state index contributed by atoms with van der Waals surface area (Å²) in [5.41, 5.74) is 3.91. The molecule has 1 aromatic rings. The van der Waals surface area contributed by atoms with Crippen LogP contribution >= 0.6 is 15.9 Å². The van der Waals surface area contributed by atoms with E-state index in [0.717, 1.165) is 18.6 Å². The Kier molecular flexibility index (Phi) is 5.86. The fourth-order valence-electron chi connectivity index (χ4n) is 2.23. The smallest absolute Gasteiger partial charge is 0.118 e. The van der Waals surface area contributed by atoms with E-state index < -0.39 is 0 Å². The van der Waals surface area contributed by atoms with Crippen molar-refractivity contribution in [1.29, 1.82) is 0 Å².